The van der Waals surface area contributed by atoms with Crippen LogP contribution in [0.4, 0.5) is 0 Å². The molecule has 3 heterocycles. The number of pyridine rings is 1. The lowest BCUT2D eigenvalue weighted by Gasteiger charge is -2.39. The molecular weight excluding hydrogens is 508 g/mol. The largest absolute Gasteiger partial charge is 0.458 e. The maximum Gasteiger partial charge on any atom is 0.288 e. The van der Waals surface area contributed by atoms with E-state index in [-0.39, 0.29) is 29.7 Å². The van der Waals surface area contributed by atoms with Crippen LogP contribution in [-0.2, 0) is 14.6 Å². The van der Waals surface area contributed by atoms with Crippen LogP contribution in [0.15, 0.2) is 64.4 Å². The Bertz CT molecular complexity index is 1370. The number of aliphatic hydroxyl groups excluding tert-OH is 1. The molecule has 1 aromatic carbocycles. The number of likely N-dealkylation sites (tertiary alicyclic amines) is 1. The summed E-state index contributed by atoms with van der Waals surface area (Å²) in [5.41, 5.74) is 6.17. The highest BCUT2D eigenvalue weighted by Crippen LogP contribution is 2.27. The van der Waals surface area contributed by atoms with Gasteiger partial charge in [-0.15, -0.1) is 0 Å². The van der Waals surface area contributed by atoms with Gasteiger partial charge in [0.05, 0.1) is 6.26 Å². The van der Waals surface area contributed by atoms with E-state index in [0.717, 1.165) is 10.3 Å². The van der Waals surface area contributed by atoms with E-state index in [1.807, 2.05) is 26.0 Å². The molecule has 0 radical (unpaired) electrons. The summed E-state index contributed by atoms with van der Waals surface area (Å²) in [6.45, 7) is 3.87. The number of nitrogens with zero attached hydrogens (tertiary/aromatic N) is 2. The molecule has 4 atom stereocenters. The molecule has 0 spiro atoms. The number of rotatable bonds is 7. The first-order valence-corrected chi connectivity index (χ1v) is 14.3. The zero-order valence-corrected chi connectivity index (χ0v) is 22.3. The zero-order chi connectivity index (χ0) is 27.4. The van der Waals surface area contributed by atoms with Crippen molar-refractivity contribution in [2.24, 2.45) is 11.7 Å². The predicted molar refractivity (Wildman–Crippen MR) is 142 cm³/mol. The van der Waals surface area contributed by atoms with Gasteiger partial charge >= 0.3 is 0 Å². The maximum atomic E-state index is 14.1. The van der Waals surface area contributed by atoms with Crippen molar-refractivity contribution >= 4 is 32.4 Å². The molecule has 4 rings (SSSR count). The van der Waals surface area contributed by atoms with Crippen LogP contribution in [0, 0.1) is 5.92 Å². The molecule has 2 amide bonds. The second-order valence-electron chi connectivity index (χ2n) is 10.1. The van der Waals surface area contributed by atoms with Gasteiger partial charge in [-0.25, -0.2) is 13.4 Å². The SMILES string of the molecule is CC(C)C[C@H](NC(=O)c1occ2ccccc12)C(=O)N1CCCCC(N)C(O)C1S(=O)(=O)c1ccccn1. The lowest BCUT2D eigenvalue weighted by molar-refractivity contribution is -0.137. The molecule has 10 nitrogen and oxygen atoms in total. The highest BCUT2D eigenvalue weighted by Gasteiger charge is 2.46. The first-order valence-electron chi connectivity index (χ1n) is 12.8. The second-order valence-corrected chi connectivity index (χ2v) is 12.1. The van der Waals surface area contributed by atoms with E-state index in [1.165, 1.54) is 24.6 Å². The summed E-state index contributed by atoms with van der Waals surface area (Å²) in [7, 11) is -4.31. The van der Waals surface area contributed by atoms with E-state index in [2.05, 4.69) is 10.3 Å². The molecule has 1 aliphatic heterocycles. The summed E-state index contributed by atoms with van der Waals surface area (Å²) in [4.78, 5) is 32.4. The highest BCUT2D eigenvalue weighted by molar-refractivity contribution is 7.92. The van der Waals surface area contributed by atoms with Gasteiger partial charge in [-0.1, -0.05) is 50.6 Å². The Morgan fingerprint density at radius 3 is 2.63 bits per heavy atom. The molecule has 0 saturated carbocycles. The fourth-order valence-corrected chi connectivity index (χ4v) is 6.70. The van der Waals surface area contributed by atoms with E-state index in [9.17, 15) is 23.1 Å². The number of aliphatic hydroxyl groups is 1. The normalized spacial score (nSPS) is 21.6. The Kier molecular flexibility index (Phi) is 8.49. The molecular formula is C27H34N4O6S. The second kappa shape index (κ2) is 11.6. The topological polar surface area (TPSA) is 156 Å². The summed E-state index contributed by atoms with van der Waals surface area (Å²) in [6.07, 6.45) is 3.02. The van der Waals surface area contributed by atoms with E-state index in [0.29, 0.717) is 24.6 Å². The first-order chi connectivity index (χ1) is 18.1. The van der Waals surface area contributed by atoms with E-state index in [4.69, 9.17) is 10.2 Å². The Morgan fingerprint density at radius 1 is 1.18 bits per heavy atom. The first kappa shape index (κ1) is 27.7. The van der Waals surface area contributed by atoms with Gasteiger partial charge in [0.2, 0.25) is 15.7 Å². The average Bonchev–Trinajstić information content (AvgIpc) is 3.33. The average molecular weight is 543 g/mol. The van der Waals surface area contributed by atoms with Crippen molar-refractivity contribution in [1.29, 1.82) is 0 Å². The highest BCUT2D eigenvalue weighted by atomic mass is 32.2. The van der Waals surface area contributed by atoms with Crippen LogP contribution < -0.4 is 11.1 Å². The number of hydrogen-bond donors (Lipinski definition) is 3. The molecule has 2 aromatic heterocycles. The van der Waals surface area contributed by atoms with E-state index in [1.54, 1.807) is 18.2 Å². The van der Waals surface area contributed by atoms with Crippen LogP contribution in [0.5, 0.6) is 0 Å². The van der Waals surface area contributed by atoms with Gasteiger partial charge < -0.3 is 25.5 Å². The third kappa shape index (κ3) is 5.74. The number of nitrogens with one attached hydrogen (secondary N) is 1. The summed E-state index contributed by atoms with van der Waals surface area (Å²) in [5.74, 6) is -1.14. The van der Waals surface area contributed by atoms with Crippen LogP contribution in [0.1, 0.15) is 50.1 Å². The number of furan rings is 1. The molecule has 1 aliphatic rings. The van der Waals surface area contributed by atoms with Crippen LogP contribution in [0.3, 0.4) is 0 Å². The quantitative estimate of drug-likeness (QED) is 0.411. The standard InChI is InChI=1S/C27H34N4O6S/c1-17(2)15-21(30-25(33)24-19-10-4-3-9-18(19)16-37-24)26(34)31-14-8-6-11-20(28)23(32)27(31)38(35,36)22-12-5-7-13-29-22/h3-5,7,9-10,12-13,16-17,20-21,23,27,32H,6,8,11,14-15,28H2,1-2H3,(H,30,33)/t20?,21-,23?,27?/m0/s1. The molecule has 0 aliphatic carbocycles. The van der Waals surface area contributed by atoms with Crippen molar-refractivity contribution in [3.63, 3.8) is 0 Å². The number of hydrogen-bond acceptors (Lipinski definition) is 8. The van der Waals surface area contributed by atoms with Gasteiger partial charge in [-0.05, 0) is 37.3 Å². The number of amides is 2. The number of fused-ring (bicyclic) bond motifs is 1. The van der Waals surface area contributed by atoms with Crippen LogP contribution in [0.2, 0.25) is 0 Å². The molecule has 3 unspecified atom stereocenters. The minimum absolute atomic E-state index is 0.00891. The van der Waals surface area contributed by atoms with Crippen molar-refractivity contribution in [3.8, 4) is 0 Å². The van der Waals surface area contributed by atoms with Crippen molar-refractivity contribution in [2.75, 3.05) is 6.54 Å². The van der Waals surface area contributed by atoms with Gasteiger partial charge in [0.25, 0.3) is 5.91 Å². The van der Waals surface area contributed by atoms with Crippen LogP contribution in [-0.4, -0.2) is 65.3 Å². The Labute approximate surface area is 222 Å². The number of nitrogens with two attached hydrogens (primary N) is 1. The Balaban J connectivity index is 1.71. The molecule has 1 fully saturated rings. The molecule has 38 heavy (non-hydrogen) atoms. The number of aromatic nitrogens is 1. The van der Waals surface area contributed by atoms with Crippen molar-refractivity contribution in [3.05, 3.63) is 60.7 Å². The lowest BCUT2D eigenvalue weighted by Crippen LogP contribution is -2.61. The summed E-state index contributed by atoms with van der Waals surface area (Å²) in [6, 6.07) is 9.67. The van der Waals surface area contributed by atoms with Gasteiger partial charge in [0, 0.05) is 29.6 Å². The molecule has 4 N–H and O–H groups in total. The lowest BCUT2D eigenvalue weighted by atomic mass is 9.98. The third-order valence-electron chi connectivity index (χ3n) is 6.78. The van der Waals surface area contributed by atoms with Crippen molar-refractivity contribution < 1.29 is 27.5 Å². The van der Waals surface area contributed by atoms with E-state index >= 15 is 0 Å². The Hall–Kier alpha value is -3.28. The molecule has 0 bridgehead atoms. The van der Waals surface area contributed by atoms with Gasteiger partial charge in [0.15, 0.2) is 16.2 Å². The third-order valence-corrected chi connectivity index (χ3v) is 8.77. The van der Waals surface area contributed by atoms with Crippen LogP contribution >= 0.6 is 0 Å². The maximum absolute atomic E-state index is 14.1. The van der Waals surface area contributed by atoms with Gasteiger partial charge in [0.1, 0.15) is 12.1 Å². The van der Waals surface area contributed by atoms with E-state index < -0.39 is 45.2 Å². The van der Waals surface area contributed by atoms with Gasteiger partial charge in [-0.2, -0.15) is 0 Å². The minimum atomic E-state index is -4.31. The fourth-order valence-electron chi connectivity index (χ4n) is 4.87. The summed E-state index contributed by atoms with van der Waals surface area (Å²) >= 11 is 0. The number of sulfone groups is 1. The Morgan fingerprint density at radius 2 is 1.92 bits per heavy atom. The smallest absolute Gasteiger partial charge is 0.288 e. The fraction of sp³-hybridized carbons (Fsp3) is 0.444. The molecule has 1 saturated heterocycles. The molecule has 204 valence electrons. The number of carbonyl (C=O) groups is 2. The molecule has 11 heteroatoms. The van der Waals surface area contributed by atoms with Crippen LogP contribution in [0.25, 0.3) is 10.8 Å². The molecule has 3 aromatic rings. The zero-order valence-electron chi connectivity index (χ0n) is 21.5. The summed E-state index contributed by atoms with van der Waals surface area (Å²) < 4.78 is 33.0. The summed E-state index contributed by atoms with van der Waals surface area (Å²) in [5, 5.41) is 13.3. The predicted octanol–water partition coefficient (Wildman–Crippen LogP) is 2.47. The minimum Gasteiger partial charge on any atom is -0.458 e. The van der Waals surface area contributed by atoms with Crippen molar-refractivity contribution in [1.82, 2.24) is 15.2 Å². The van der Waals surface area contributed by atoms with Gasteiger partial charge in [-0.3, -0.25) is 9.59 Å². The monoisotopic (exact) mass is 542 g/mol. The van der Waals surface area contributed by atoms with Crippen molar-refractivity contribution in [2.45, 2.75) is 68.1 Å². The number of carbonyl (C=O) groups excluding carboxylic acids is 2. The number of benzene rings is 1.